The third-order valence-electron chi connectivity index (χ3n) is 6.07. The second kappa shape index (κ2) is 12.0. The van der Waals surface area contributed by atoms with Gasteiger partial charge in [0.05, 0.1) is 32.5 Å². The molecule has 0 unspecified atom stereocenters. The molecule has 0 aliphatic heterocycles. The number of carbonyl (C=O) groups excluding carboxylic acids is 1. The highest BCUT2D eigenvalue weighted by Gasteiger charge is 2.35. The van der Waals surface area contributed by atoms with Crippen molar-refractivity contribution in [2.45, 2.75) is 19.5 Å². The smallest absolute Gasteiger partial charge is 0.421 e. The molecule has 0 aliphatic rings. The molecule has 3 aromatic heterocycles. The van der Waals surface area contributed by atoms with Gasteiger partial charge in [-0.1, -0.05) is 12.1 Å². The van der Waals surface area contributed by atoms with E-state index in [2.05, 4.69) is 36.7 Å². The minimum absolute atomic E-state index is 0.165. The van der Waals surface area contributed by atoms with Crippen LogP contribution >= 0.6 is 0 Å². The van der Waals surface area contributed by atoms with E-state index in [-0.39, 0.29) is 12.1 Å². The molecule has 1 amide bonds. The third kappa shape index (κ3) is 6.78. The molecule has 41 heavy (non-hydrogen) atoms. The van der Waals surface area contributed by atoms with Gasteiger partial charge in [0.2, 0.25) is 17.7 Å². The number of hydrogen-bond donors (Lipinski definition) is 2. The summed E-state index contributed by atoms with van der Waals surface area (Å²) in [5.41, 5.74) is 2.14. The van der Waals surface area contributed by atoms with Gasteiger partial charge in [-0.15, -0.1) is 0 Å². The monoisotopic (exact) mass is 567 g/mol. The molecule has 0 aliphatic carbocycles. The fraction of sp³-hybridized carbons (Fsp3) is 0.172. The number of alkyl halides is 3. The highest BCUT2D eigenvalue weighted by atomic mass is 19.4. The van der Waals surface area contributed by atoms with Gasteiger partial charge >= 0.3 is 6.18 Å². The number of carbonyl (C=O) groups is 1. The Morgan fingerprint density at radius 1 is 1.10 bits per heavy atom. The number of halogens is 4. The van der Waals surface area contributed by atoms with Gasteiger partial charge in [-0.3, -0.25) is 4.79 Å². The Hall–Kier alpha value is -5.00. The van der Waals surface area contributed by atoms with Crippen molar-refractivity contribution in [3.8, 4) is 23.0 Å². The van der Waals surface area contributed by atoms with Crippen LogP contribution in [-0.2, 0) is 17.4 Å². The predicted octanol–water partition coefficient (Wildman–Crippen LogP) is 6.72. The molecule has 8 nitrogen and oxygen atoms in total. The Labute approximate surface area is 232 Å². The minimum Gasteiger partial charge on any atom is -0.481 e. The largest absolute Gasteiger partial charge is 0.481 e. The Morgan fingerprint density at radius 2 is 1.88 bits per heavy atom. The Bertz CT molecular complexity index is 1610. The Balaban J connectivity index is 1.50. The van der Waals surface area contributed by atoms with E-state index < -0.39 is 29.3 Å². The van der Waals surface area contributed by atoms with Crippen molar-refractivity contribution in [3.05, 3.63) is 82.9 Å². The summed E-state index contributed by atoms with van der Waals surface area (Å²) in [6.45, 7) is 5.32. The van der Waals surface area contributed by atoms with Crippen LogP contribution in [0.25, 0.3) is 22.9 Å². The molecule has 212 valence electrons. The van der Waals surface area contributed by atoms with Gasteiger partial charge in [0.25, 0.3) is 0 Å². The molecule has 0 saturated heterocycles. The van der Waals surface area contributed by atoms with Crippen molar-refractivity contribution in [1.82, 2.24) is 15.0 Å². The van der Waals surface area contributed by atoms with Crippen molar-refractivity contribution >= 4 is 35.8 Å². The lowest BCUT2D eigenvalue weighted by atomic mass is 10.0. The third-order valence-corrected chi connectivity index (χ3v) is 6.07. The maximum absolute atomic E-state index is 15.1. The number of benzene rings is 1. The SMILES string of the molecule is C=Nc1[nH]c(-c2ccc(OC)nc2)cc1/C=C(\C)c1ccc(CC(=O)Nc2cnc(OC)c(C(F)(F)F)c2)cc1F. The number of aromatic amines is 1. The number of rotatable bonds is 9. The number of anilines is 1. The van der Waals surface area contributed by atoms with Gasteiger partial charge in [-0.2, -0.15) is 13.2 Å². The summed E-state index contributed by atoms with van der Waals surface area (Å²) in [6.07, 6.45) is -0.545. The van der Waals surface area contributed by atoms with Crippen LogP contribution in [0.4, 0.5) is 29.1 Å². The fourth-order valence-electron chi connectivity index (χ4n) is 4.09. The molecule has 0 saturated carbocycles. The zero-order chi connectivity index (χ0) is 29.7. The first-order chi connectivity index (χ1) is 19.5. The van der Waals surface area contributed by atoms with Gasteiger partial charge in [0.15, 0.2) is 0 Å². The summed E-state index contributed by atoms with van der Waals surface area (Å²) in [5, 5.41) is 2.36. The van der Waals surface area contributed by atoms with E-state index in [9.17, 15) is 18.0 Å². The predicted molar refractivity (Wildman–Crippen MR) is 148 cm³/mol. The first-order valence-corrected chi connectivity index (χ1v) is 12.1. The van der Waals surface area contributed by atoms with Gasteiger partial charge < -0.3 is 19.8 Å². The van der Waals surface area contributed by atoms with Crippen molar-refractivity contribution in [2.24, 2.45) is 4.99 Å². The maximum Gasteiger partial charge on any atom is 0.421 e. The molecule has 0 spiro atoms. The van der Waals surface area contributed by atoms with Gasteiger partial charge in [-0.05, 0) is 55.1 Å². The standard InChI is InChI=1S/C29H25F4N5O3/c1-16(9-19-12-24(38-27(19)34-2)18-6-8-26(40-3)35-14-18)21-7-5-17(10-23(21)30)11-25(39)37-20-13-22(29(31,32)33)28(41-4)36-15-20/h5-10,12-15,38H,2,11H2,1,3-4H3,(H,37,39)/b16-9+. The lowest BCUT2D eigenvalue weighted by Gasteiger charge is -2.13. The molecular formula is C29H25F4N5O3. The van der Waals surface area contributed by atoms with Gasteiger partial charge in [-0.25, -0.2) is 19.4 Å². The van der Waals surface area contributed by atoms with Crippen molar-refractivity contribution in [3.63, 3.8) is 0 Å². The van der Waals surface area contributed by atoms with E-state index in [1.165, 1.54) is 19.2 Å². The fourth-order valence-corrected chi connectivity index (χ4v) is 4.09. The molecule has 1 aromatic carbocycles. The van der Waals surface area contributed by atoms with Crippen molar-refractivity contribution < 1.29 is 31.8 Å². The number of aromatic nitrogens is 3. The summed E-state index contributed by atoms with van der Waals surface area (Å²) < 4.78 is 64.5. The first-order valence-electron chi connectivity index (χ1n) is 12.1. The first kappa shape index (κ1) is 29.0. The number of hydrogen-bond acceptors (Lipinski definition) is 6. The molecule has 4 rings (SSSR count). The molecule has 0 fully saturated rings. The van der Waals surface area contributed by atoms with Gasteiger partial charge in [0, 0.05) is 34.6 Å². The summed E-state index contributed by atoms with van der Waals surface area (Å²) in [7, 11) is 2.59. The lowest BCUT2D eigenvalue weighted by molar-refractivity contribution is -0.139. The minimum atomic E-state index is -4.72. The van der Waals surface area contributed by atoms with E-state index in [0.29, 0.717) is 34.0 Å². The molecule has 2 N–H and O–H groups in total. The molecular weight excluding hydrogens is 542 g/mol. The van der Waals surface area contributed by atoms with Crippen molar-refractivity contribution in [1.29, 1.82) is 0 Å². The molecule has 4 aromatic rings. The number of methoxy groups -OCH3 is 2. The highest BCUT2D eigenvalue weighted by Crippen LogP contribution is 2.36. The average molecular weight is 568 g/mol. The van der Waals surface area contributed by atoms with E-state index >= 15 is 4.39 Å². The Morgan fingerprint density at radius 3 is 2.49 bits per heavy atom. The van der Waals surface area contributed by atoms with Crippen LogP contribution < -0.4 is 14.8 Å². The molecule has 12 heteroatoms. The quantitative estimate of drug-likeness (QED) is 0.173. The molecule has 0 bridgehead atoms. The van der Waals surface area contributed by atoms with E-state index in [1.807, 2.05) is 12.1 Å². The molecule has 0 atom stereocenters. The number of H-pyrrole nitrogens is 1. The normalized spacial score (nSPS) is 11.7. The maximum atomic E-state index is 15.1. The second-order valence-electron chi connectivity index (χ2n) is 8.88. The number of pyridine rings is 2. The zero-order valence-electron chi connectivity index (χ0n) is 22.3. The summed E-state index contributed by atoms with van der Waals surface area (Å²) in [4.78, 5) is 27.5. The number of nitrogens with one attached hydrogen (secondary N) is 2. The van der Waals surface area contributed by atoms with Crippen molar-refractivity contribution in [2.75, 3.05) is 19.5 Å². The zero-order valence-corrected chi connectivity index (χ0v) is 22.3. The average Bonchev–Trinajstić information content (AvgIpc) is 3.35. The van der Waals surface area contributed by atoms with Crippen LogP contribution in [0.2, 0.25) is 0 Å². The number of aliphatic imine (C=N–C) groups is 1. The van der Waals surface area contributed by atoms with Gasteiger partial charge in [0.1, 0.15) is 17.2 Å². The highest BCUT2D eigenvalue weighted by molar-refractivity contribution is 5.92. The van der Waals surface area contributed by atoms with E-state index in [1.54, 1.807) is 31.3 Å². The van der Waals surface area contributed by atoms with Crippen LogP contribution in [0.3, 0.4) is 0 Å². The summed E-state index contributed by atoms with van der Waals surface area (Å²) in [6, 6.07) is 10.4. The van der Waals surface area contributed by atoms with Crippen LogP contribution in [0.15, 0.2) is 59.9 Å². The topological polar surface area (TPSA) is 101 Å². The number of amides is 1. The van der Waals surface area contributed by atoms with Crippen LogP contribution in [0, 0.1) is 5.82 Å². The van der Waals surface area contributed by atoms with Crippen LogP contribution in [-0.4, -0.2) is 41.8 Å². The summed E-state index contributed by atoms with van der Waals surface area (Å²) >= 11 is 0. The molecule has 0 radical (unpaired) electrons. The van der Waals surface area contributed by atoms with E-state index in [0.717, 1.165) is 30.6 Å². The second-order valence-corrected chi connectivity index (χ2v) is 8.88. The van der Waals surface area contributed by atoms with E-state index in [4.69, 9.17) is 4.74 Å². The van der Waals surface area contributed by atoms with Crippen LogP contribution in [0.5, 0.6) is 11.8 Å². The summed E-state index contributed by atoms with van der Waals surface area (Å²) in [5.74, 6) is -0.855. The lowest BCUT2D eigenvalue weighted by Crippen LogP contribution is -2.16. The number of nitrogens with zero attached hydrogens (tertiary/aromatic N) is 3. The molecule has 3 heterocycles. The van der Waals surface area contributed by atoms with Crippen LogP contribution in [0.1, 0.15) is 29.2 Å². The Kier molecular flexibility index (Phi) is 8.51. The number of ether oxygens (including phenoxy) is 2. The number of allylic oxidation sites excluding steroid dienone is 1.